The highest BCUT2D eigenvalue weighted by molar-refractivity contribution is 7.16. The number of rotatable bonds is 4. The molecule has 0 bridgehead atoms. The van der Waals surface area contributed by atoms with Crippen LogP contribution in [0.25, 0.3) is 0 Å². The summed E-state index contributed by atoms with van der Waals surface area (Å²) in [4.78, 5) is 13.1. The third-order valence-corrected chi connectivity index (χ3v) is 5.23. The van der Waals surface area contributed by atoms with Crippen LogP contribution in [0.4, 0.5) is 0 Å². The van der Waals surface area contributed by atoms with Gasteiger partial charge in [-0.1, -0.05) is 24.4 Å². The fraction of sp³-hybridized carbons (Fsp3) is 0.643. The molecule has 0 saturated heterocycles. The summed E-state index contributed by atoms with van der Waals surface area (Å²) in [5, 5.41) is 3.03. The van der Waals surface area contributed by atoms with Gasteiger partial charge in [0.15, 0.2) is 0 Å². The SMILES string of the molecule is CC(NC(=O)CC1CCCCC1N)c1ccc(Cl)s1. The van der Waals surface area contributed by atoms with E-state index in [1.807, 2.05) is 19.1 Å². The molecule has 0 aliphatic heterocycles. The van der Waals surface area contributed by atoms with Crippen LogP contribution < -0.4 is 11.1 Å². The van der Waals surface area contributed by atoms with Crippen molar-refractivity contribution in [1.82, 2.24) is 5.32 Å². The van der Waals surface area contributed by atoms with Gasteiger partial charge >= 0.3 is 0 Å². The molecule has 0 radical (unpaired) electrons. The van der Waals surface area contributed by atoms with E-state index in [4.69, 9.17) is 17.3 Å². The first-order valence-electron chi connectivity index (χ1n) is 6.86. The summed E-state index contributed by atoms with van der Waals surface area (Å²) >= 11 is 7.42. The number of nitrogens with one attached hydrogen (secondary N) is 1. The van der Waals surface area contributed by atoms with Gasteiger partial charge in [0.05, 0.1) is 10.4 Å². The lowest BCUT2D eigenvalue weighted by Gasteiger charge is -2.28. The average molecular weight is 301 g/mol. The summed E-state index contributed by atoms with van der Waals surface area (Å²) in [6, 6.07) is 4.03. The predicted octanol–water partition coefficient (Wildman–Crippen LogP) is 3.49. The Hall–Kier alpha value is -0.580. The molecule has 1 aliphatic carbocycles. The number of thiophene rings is 1. The minimum absolute atomic E-state index is 0.0183. The molecule has 1 saturated carbocycles. The fourth-order valence-electron chi connectivity index (χ4n) is 2.66. The predicted molar refractivity (Wildman–Crippen MR) is 80.4 cm³/mol. The van der Waals surface area contributed by atoms with Gasteiger partial charge in [0, 0.05) is 17.3 Å². The van der Waals surface area contributed by atoms with Crippen molar-refractivity contribution in [2.45, 2.75) is 51.1 Å². The Morgan fingerprint density at radius 3 is 2.89 bits per heavy atom. The lowest BCUT2D eigenvalue weighted by molar-refractivity contribution is -0.123. The summed E-state index contributed by atoms with van der Waals surface area (Å²) in [5.74, 6) is 0.437. The maximum Gasteiger partial charge on any atom is 0.220 e. The maximum absolute atomic E-state index is 12.1. The Balaban J connectivity index is 1.83. The molecule has 3 nitrogen and oxygen atoms in total. The van der Waals surface area contributed by atoms with Crippen molar-refractivity contribution >= 4 is 28.8 Å². The van der Waals surface area contributed by atoms with Crippen LogP contribution in [0.1, 0.15) is 49.9 Å². The van der Waals surface area contributed by atoms with Crippen molar-refractivity contribution in [2.75, 3.05) is 0 Å². The Morgan fingerprint density at radius 2 is 2.26 bits per heavy atom. The molecular formula is C14H21ClN2OS. The van der Waals surface area contributed by atoms with Gasteiger partial charge < -0.3 is 11.1 Å². The monoisotopic (exact) mass is 300 g/mol. The van der Waals surface area contributed by atoms with Gasteiger partial charge in [0.25, 0.3) is 0 Å². The summed E-state index contributed by atoms with van der Waals surface area (Å²) in [5.41, 5.74) is 6.08. The molecule has 1 heterocycles. The van der Waals surface area contributed by atoms with Crippen LogP contribution in [0.3, 0.4) is 0 Å². The first-order valence-corrected chi connectivity index (χ1v) is 8.06. The van der Waals surface area contributed by atoms with E-state index < -0.39 is 0 Å². The first-order chi connectivity index (χ1) is 9.06. The molecule has 19 heavy (non-hydrogen) atoms. The molecule has 3 unspecified atom stereocenters. The highest BCUT2D eigenvalue weighted by Crippen LogP contribution is 2.28. The largest absolute Gasteiger partial charge is 0.349 e. The molecular weight excluding hydrogens is 280 g/mol. The quantitative estimate of drug-likeness (QED) is 0.894. The molecule has 0 spiro atoms. The Labute approximate surface area is 123 Å². The van der Waals surface area contributed by atoms with E-state index in [1.54, 1.807) is 0 Å². The van der Waals surface area contributed by atoms with Crippen LogP contribution in [-0.4, -0.2) is 11.9 Å². The fourth-order valence-corrected chi connectivity index (χ4v) is 3.72. The molecule has 1 aromatic rings. The number of carbonyl (C=O) groups excluding carboxylic acids is 1. The van der Waals surface area contributed by atoms with Crippen LogP contribution in [0, 0.1) is 5.92 Å². The van der Waals surface area contributed by atoms with E-state index in [0.29, 0.717) is 12.3 Å². The zero-order valence-electron chi connectivity index (χ0n) is 11.2. The van der Waals surface area contributed by atoms with Gasteiger partial charge in [-0.2, -0.15) is 0 Å². The molecule has 5 heteroatoms. The van der Waals surface area contributed by atoms with Crippen molar-refractivity contribution in [1.29, 1.82) is 0 Å². The van der Waals surface area contributed by atoms with E-state index in [1.165, 1.54) is 24.2 Å². The van der Waals surface area contributed by atoms with Crippen molar-refractivity contribution in [3.05, 3.63) is 21.3 Å². The number of hydrogen-bond donors (Lipinski definition) is 2. The molecule has 1 fully saturated rings. The van der Waals surface area contributed by atoms with Crippen molar-refractivity contribution in [3.63, 3.8) is 0 Å². The van der Waals surface area contributed by atoms with Crippen LogP contribution >= 0.6 is 22.9 Å². The summed E-state index contributed by atoms with van der Waals surface area (Å²) in [6.45, 7) is 1.99. The lowest BCUT2D eigenvalue weighted by atomic mass is 9.83. The van der Waals surface area contributed by atoms with E-state index in [9.17, 15) is 4.79 Å². The summed E-state index contributed by atoms with van der Waals surface area (Å²) in [6.07, 6.45) is 5.07. The van der Waals surface area contributed by atoms with Crippen LogP contribution in [0.5, 0.6) is 0 Å². The first kappa shape index (κ1) is 14.8. The second-order valence-corrected chi connectivity index (χ2v) is 7.09. The zero-order chi connectivity index (χ0) is 13.8. The number of halogens is 1. The number of hydrogen-bond acceptors (Lipinski definition) is 3. The van der Waals surface area contributed by atoms with Crippen molar-refractivity contribution in [3.8, 4) is 0 Å². The standard InChI is InChI=1S/C14H21ClN2OS/c1-9(12-6-7-13(15)19-12)17-14(18)8-10-4-2-3-5-11(10)16/h6-7,9-11H,2-5,8,16H2,1H3,(H,17,18). The van der Waals surface area contributed by atoms with Gasteiger partial charge in [0.2, 0.25) is 5.91 Å². The van der Waals surface area contributed by atoms with E-state index in [-0.39, 0.29) is 18.0 Å². The molecule has 3 atom stereocenters. The van der Waals surface area contributed by atoms with Gasteiger partial charge in [-0.05, 0) is 37.8 Å². The minimum Gasteiger partial charge on any atom is -0.349 e. The van der Waals surface area contributed by atoms with Crippen LogP contribution in [0.15, 0.2) is 12.1 Å². The maximum atomic E-state index is 12.1. The Bertz CT molecular complexity index is 435. The second-order valence-electron chi connectivity index (χ2n) is 5.34. The van der Waals surface area contributed by atoms with Crippen LogP contribution in [0.2, 0.25) is 4.34 Å². The van der Waals surface area contributed by atoms with Gasteiger partial charge in [0.1, 0.15) is 0 Å². The summed E-state index contributed by atoms with van der Waals surface area (Å²) in [7, 11) is 0. The topological polar surface area (TPSA) is 55.1 Å². The number of amides is 1. The second kappa shape index (κ2) is 6.73. The van der Waals surface area contributed by atoms with Gasteiger partial charge in [-0.15, -0.1) is 11.3 Å². The third-order valence-electron chi connectivity index (χ3n) is 3.81. The van der Waals surface area contributed by atoms with Crippen molar-refractivity contribution < 1.29 is 4.79 Å². The summed E-state index contributed by atoms with van der Waals surface area (Å²) < 4.78 is 0.755. The van der Waals surface area contributed by atoms with E-state index >= 15 is 0 Å². The molecule has 106 valence electrons. The normalized spacial score (nSPS) is 25.0. The molecule has 3 N–H and O–H groups in total. The number of nitrogens with two attached hydrogens (primary N) is 1. The highest BCUT2D eigenvalue weighted by Gasteiger charge is 2.24. The molecule has 1 aromatic heterocycles. The van der Waals surface area contributed by atoms with Crippen molar-refractivity contribution in [2.24, 2.45) is 11.7 Å². The van der Waals surface area contributed by atoms with Gasteiger partial charge in [-0.25, -0.2) is 0 Å². The highest BCUT2D eigenvalue weighted by atomic mass is 35.5. The third kappa shape index (κ3) is 4.20. The molecule has 1 amide bonds. The Kier molecular flexibility index (Phi) is 5.25. The smallest absolute Gasteiger partial charge is 0.220 e. The average Bonchev–Trinajstić information content (AvgIpc) is 2.79. The van der Waals surface area contributed by atoms with E-state index in [0.717, 1.165) is 22.1 Å². The number of carbonyl (C=O) groups is 1. The Morgan fingerprint density at radius 1 is 1.53 bits per heavy atom. The molecule has 0 aromatic carbocycles. The zero-order valence-corrected chi connectivity index (χ0v) is 12.8. The van der Waals surface area contributed by atoms with Gasteiger partial charge in [-0.3, -0.25) is 4.79 Å². The minimum atomic E-state index is 0.0183. The molecule has 2 rings (SSSR count). The van der Waals surface area contributed by atoms with Crippen LogP contribution in [-0.2, 0) is 4.79 Å². The van der Waals surface area contributed by atoms with E-state index in [2.05, 4.69) is 5.32 Å². The lowest BCUT2D eigenvalue weighted by Crippen LogP contribution is -2.37. The molecule has 1 aliphatic rings.